The van der Waals surface area contributed by atoms with E-state index in [9.17, 15) is 9.59 Å². The van der Waals surface area contributed by atoms with Crippen LogP contribution in [0.5, 0.6) is 0 Å². The lowest BCUT2D eigenvalue weighted by Gasteiger charge is -2.34. The molecule has 21 heavy (non-hydrogen) atoms. The summed E-state index contributed by atoms with van der Waals surface area (Å²) in [7, 11) is 1.68. The number of nitrogens with zero attached hydrogens (tertiary/aromatic N) is 2. The van der Waals surface area contributed by atoms with Crippen LogP contribution in [-0.2, 0) is 9.59 Å². The standard InChI is InChI=1S/C15H30N4O2/c1-4-7-17-14(20)10-18(3)15(21)11-19-8-5-13(6-9-19)12(2)16/h12-13H,4-11,16H2,1-3H3,(H,17,20). The molecule has 1 heterocycles. The van der Waals surface area contributed by atoms with E-state index >= 15 is 0 Å². The molecule has 1 atom stereocenters. The number of likely N-dealkylation sites (tertiary alicyclic amines) is 1. The Kier molecular flexibility index (Phi) is 7.67. The van der Waals surface area contributed by atoms with E-state index in [1.54, 1.807) is 7.05 Å². The van der Waals surface area contributed by atoms with E-state index in [0.717, 1.165) is 32.4 Å². The minimum absolute atomic E-state index is 0.000829. The second-order valence-electron chi connectivity index (χ2n) is 6.07. The molecule has 1 fully saturated rings. The number of rotatable bonds is 7. The SMILES string of the molecule is CCCNC(=O)CN(C)C(=O)CN1CCC(C(C)N)CC1. The highest BCUT2D eigenvalue weighted by molar-refractivity contribution is 5.85. The van der Waals surface area contributed by atoms with Gasteiger partial charge < -0.3 is 16.0 Å². The van der Waals surface area contributed by atoms with Crippen LogP contribution in [0.4, 0.5) is 0 Å². The summed E-state index contributed by atoms with van der Waals surface area (Å²) in [5.74, 6) is 0.471. The smallest absolute Gasteiger partial charge is 0.239 e. The van der Waals surface area contributed by atoms with Crippen LogP contribution in [0.2, 0.25) is 0 Å². The molecule has 6 nitrogen and oxygen atoms in total. The van der Waals surface area contributed by atoms with E-state index < -0.39 is 0 Å². The Bertz CT molecular complexity index is 339. The highest BCUT2D eigenvalue weighted by Crippen LogP contribution is 2.19. The summed E-state index contributed by atoms with van der Waals surface area (Å²) in [6.45, 7) is 7.06. The maximum Gasteiger partial charge on any atom is 0.239 e. The number of hydrogen-bond acceptors (Lipinski definition) is 4. The van der Waals surface area contributed by atoms with Crippen molar-refractivity contribution in [2.45, 2.75) is 39.2 Å². The van der Waals surface area contributed by atoms with Gasteiger partial charge in [-0.05, 0) is 45.2 Å². The average Bonchev–Trinajstić information content (AvgIpc) is 2.45. The first-order valence-electron chi connectivity index (χ1n) is 7.92. The third-order valence-corrected chi connectivity index (χ3v) is 4.11. The van der Waals surface area contributed by atoms with Crippen molar-refractivity contribution in [1.82, 2.24) is 15.1 Å². The Morgan fingerprint density at radius 2 is 2.00 bits per heavy atom. The molecule has 1 aliphatic rings. The molecule has 0 spiro atoms. The van der Waals surface area contributed by atoms with Crippen LogP contribution < -0.4 is 11.1 Å². The molecule has 0 radical (unpaired) electrons. The molecular weight excluding hydrogens is 268 g/mol. The quantitative estimate of drug-likeness (QED) is 0.695. The normalized spacial score (nSPS) is 18.3. The minimum atomic E-state index is -0.0941. The van der Waals surface area contributed by atoms with Crippen LogP contribution in [0.25, 0.3) is 0 Å². The highest BCUT2D eigenvalue weighted by Gasteiger charge is 2.24. The monoisotopic (exact) mass is 298 g/mol. The van der Waals surface area contributed by atoms with Crippen molar-refractivity contribution in [3.63, 3.8) is 0 Å². The van der Waals surface area contributed by atoms with Crippen molar-refractivity contribution in [1.29, 1.82) is 0 Å². The van der Waals surface area contributed by atoms with Gasteiger partial charge in [-0.2, -0.15) is 0 Å². The first kappa shape index (κ1) is 17.9. The first-order chi connectivity index (χ1) is 9.93. The summed E-state index contributed by atoms with van der Waals surface area (Å²) >= 11 is 0. The lowest BCUT2D eigenvalue weighted by molar-refractivity contribution is -0.135. The largest absolute Gasteiger partial charge is 0.355 e. The molecule has 3 N–H and O–H groups in total. The van der Waals surface area contributed by atoms with Crippen LogP contribution in [0, 0.1) is 5.92 Å². The Morgan fingerprint density at radius 1 is 1.38 bits per heavy atom. The molecule has 0 aromatic carbocycles. The van der Waals surface area contributed by atoms with Gasteiger partial charge in [-0.15, -0.1) is 0 Å². The fraction of sp³-hybridized carbons (Fsp3) is 0.867. The molecule has 1 aliphatic heterocycles. The topological polar surface area (TPSA) is 78.7 Å². The van der Waals surface area contributed by atoms with Crippen LogP contribution in [0.3, 0.4) is 0 Å². The molecule has 0 aliphatic carbocycles. The molecule has 0 saturated carbocycles. The van der Waals surface area contributed by atoms with Gasteiger partial charge in [-0.25, -0.2) is 0 Å². The number of nitrogens with two attached hydrogens (primary N) is 1. The molecule has 1 saturated heterocycles. The van der Waals surface area contributed by atoms with Gasteiger partial charge in [0.05, 0.1) is 13.1 Å². The lowest BCUT2D eigenvalue weighted by atomic mass is 9.91. The molecule has 1 unspecified atom stereocenters. The Labute approximate surface area is 128 Å². The second-order valence-corrected chi connectivity index (χ2v) is 6.07. The van der Waals surface area contributed by atoms with Crippen molar-refractivity contribution >= 4 is 11.8 Å². The van der Waals surface area contributed by atoms with E-state index in [1.807, 2.05) is 13.8 Å². The fourth-order valence-corrected chi connectivity index (χ4v) is 2.57. The molecule has 0 aromatic heterocycles. The Balaban J connectivity index is 2.28. The van der Waals surface area contributed by atoms with E-state index in [-0.39, 0.29) is 24.4 Å². The highest BCUT2D eigenvalue weighted by atomic mass is 16.2. The molecule has 0 bridgehead atoms. The molecule has 6 heteroatoms. The fourth-order valence-electron chi connectivity index (χ4n) is 2.57. The summed E-state index contributed by atoms with van der Waals surface area (Å²) < 4.78 is 0. The third kappa shape index (κ3) is 6.44. The Morgan fingerprint density at radius 3 is 2.52 bits per heavy atom. The number of carbonyl (C=O) groups excluding carboxylic acids is 2. The number of amides is 2. The molecular formula is C15H30N4O2. The van der Waals surface area contributed by atoms with Gasteiger partial charge in [0.2, 0.25) is 11.8 Å². The summed E-state index contributed by atoms with van der Waals surface area (Å²) in [5.41, 5.74) is 5.92. The summed E-state index contributed by atoms with van der Waals surface area (Å²) in [6, 6.07) is 0.229. The number of nitrogens with one attached hydrogen (secondary N) is 1. The summed E-state index contributed by atoms with van der Waals surface area (Å²) in [4.78, 5) is 27.4. The van der Waals surface area contributed by atoms with Crippen molar-refractivity contribution in [2.24, 2.45) is 11.7 Å². The van der Waals surface area contributed by atoms with Gasteiger partial charge >= 0.3 is 0 Å². The zero-order valence-electron chi connectivity index (χ0n) is 13.6. The molecule has 122 valence electrons. The van der Waals surface area contributed by atoms with Gasteiger partial charge in [-0.1, -0.05) is 6.92 Å². The third-order valence-electron chi connectivity index (χ3n) is 4.11. The minimum Gasteiger partial charge on any atom is -0.355 e. The Hall–Kier alpha value is -1.14. The molecule has 1 rings (SSSR count). The number of carbonyl (C=O) groups is 2. The van der Waals surface area contributed by atoms with Gasteiger partial charge in [0.25, 0.3) is 0 Å². The van der Waals surface area contributed by atoms with Crippen molar-refractivity contribution < 1.29 is 9.59 Å². The van der Waals surface area contributed by atoms with Crippen LogP contribution in [0.15, 0.2) is 0 Å². The van der Waals surface area contributed by atoms with Gasteiger partial charge in [0.1, 0.15) is 0 Å². The van der Waals surface area contributed by atoms with Crippen molar-refractivity contribution in [3.8, 4) is 0 Å². The summed E-state index contributed by atoms with van der Waals surface area (Å²) in [5, 5.41) is 2.78. The number of hydrogen-bond donors (Lipinski definition) is 2. The van der Waals surface area contributed by atoms with Gasteiger partial charge in [0.15, 0.2) is 0 Å². The van der Waals surface area contributed by atoms with Crippen LogP contribution >= 0.6 is 0 Å². The summed E-state index contributed by atoms with van der Waals surface area (Å²) in [6.07, 6.45) is 3.00. The van der Waals surface area contributed by atoms with E-state index in [1.165, 1.54) is 4.90 Å². The average molecular weight is 298 g/mol. The maximum atomic E-state index is 12.1. The number of piperidine rings is 1. The van der Waals surface area contributed by atoms with Gasteiger partial charge in [0, 0.05) is 19.6 Å². The second kappa shape index (κ2) is 9.00. The lowest BCUT2D eigenvalue weighted by Crippen LogP contribution is -2.46. The van der Waals surface area contributed by atoms with Crippen LogP contribution in [0.1, 0.15) is 33.1 Å². The van der Waals surface area contributed by atoms with E-state index in [2.05, 4.69) is 10.2 Å². The molecule has 0 aromatic rings. The number of likely N-dealkylation sites (N-methyl/N-ethyl adjacent to an activating group) is 1. The van der Waals surface area contributed by atoms with E-state index in [4.69, 9.17) is 5.73 Å². The predicted octanol–water partition coefficient (Wildman–Crippen LogP) is 0.0302. The zero-order valence-corrected chi connectivity index (χ0v) is 13.6. The predicted molar refractivity (Wildman–Crippen MR) is 83.8 cm³/mol. The van der Waals surface area contributed by atoms with Crippen molar-refractivity contribution in [2.75, 3.05) is 39.8 Å². The zero-order chi connectivity index (χ0) is 15.8. The molecule has 2 amide bonds. The first-order valence-corrected chi connectivity index (χ1v) is 7.92. The maximum absolute atomic E-state index is 12.1. The van der Waals surface area contributed by atoms with Crippen molar-refractivity contribution in [3.05, 3.63) is 0 Å². The van der Waals surface area contributed by atoms with Gasteiger partial charge in [-0.3, -0.25) is 14.5 Å². The van der Waals surface area contributed by atoms with E-state index in [0.29, 0.717) is 19.0 Å². The van der Waals surface area contributed by atoms with Crippen LogP contribution in [-0.4, -0.2) is 67.4 Å².